The van der Waals surface area contributed by atoms with Crippen LogP contribution in [-0.2, 0) is 0 Å². The summed E-state index contributed by atoms with van der Waals surface area (Å²) in [5.41, 5.74) is 7.85. The van der Waals surface area contributed by atoms with Gasteiger partial charge in [0.05, 0.1) is 28.8 Å². The molecule has 0 saturated carbocycles. The second-order valence-corrected chi connectivity index (χ2v) is 6.72. The maximum absolute atomic E-state index is 12.3. The van der Waals surface area contributed by atoms with E-state index in [1.165, 1.54) is 6.20 Å². The molecule has 0 aliphatic carbocycles. The number of carbonyl (C=O) groups excluding carboxylic acids is 1. The van der Waals surface area contributed by atoms with E-state index < -0.39 is 0 Å². The summed E-state index contributed by atoms with van der Waals surface area (Å²) >= 11 is 10.2. The zero-order valence-electron chi connectivity index (χ0n) is 10.4. The summed E-state index contributed by atoms with van der Waals surface area (Å²) in [7, 11) is 0. The summed E-state index contributed by atoms with van der Waals surface area (Å²) in [5.74, 6) is -0.258. The minimum Gasteiger partial charge on any atom is -0.397 e. The molecule has 20 heavy (non-hydrogen) atoms. The highest BCUT2D eigenvalue weighted by atomic mass is 79.9. The molecular formula is C13H10Br3N3O. The van der Waals surface area contributed by atoms with Crippen LogP contribution in [0.25, 0.3) is 0 Å². The van der Waals surface area contributed by atoms with Gasteiger partial charge in [0.25, 0.3) is 5.91 Å². The zero-order valence-corrected chi connectivity index (χ0v) is 15.1. The number of hydrogen-bond acceptors (Lipinski definition) is 3. The molecule has 0 unspecified atom stereocenters. The Morgan fingerprint density at radius 2 is 1.80 bits per heavy atom. The lowest BCUT2D eigenvalue weighted by atomic mass is 10.1. The Bertz CT molecular complexity index is 666. The topological polar surface area (TPSA) is 68.0 Å². The number of rotatable bonds is 2. The van der Waals surface area contributed by atoms with Crippen LogP contribution in [0.4, 0.5) is 11.4 Å². The first-order valence-corrected chi connectivity index (χ1v) is 7.94. The number of nitrogen functional groups attached to an aromatic ring is 1. The number of hydrogen-bond donors (Lipinski definition) is 2. The standard InChI is InChI=1S/C13H10Br3N3O/c1-6-9(4-8(17)5-18-6)13(20)19-12-10(15)2-7(14)3-11(12)16/h2-5H,17H2,1H3,(H,19,20). The van der Waals surface area contributed by atoms with Crippen molar-refractivity contribution in [2.24, 2.45) is 0 Å². The van der Waals surface area contributed by atoms with Crippen molar-refractivity contribution >= 4 is 65.1 Å². The Kier molecular flexibility index (Phi) is 4.82. The number of aryl methyl sites for hydroxylation is 1. The smallest absolute Gasteiger partial charge is 0.257 e. The molecular weight excluding hydrogens is 454 g/mol. The van der Waals surface area contributed by atoms with Crippen molar-refractivity contribution in [1.29, 1.82) is 0 Å². The average Bonchev–Trinajstić information content (AvgIpc) is 2.36. The molecule has 7 heteroatoms. The Morgan fingerprint density at radius 3 is 2.40 bits per heavy atom. The van der Waals surface area contributed by atoms with E-state index >= 15 is 0 Å². The highest BCUT2D eigenvalue weighted by molar-refractivity contribution is 9.11. The van der Waals surface area contributed by atoms with Gasteiger partial charge in [0.2, 0.25) is 0 Å². The van der Waals surface area contributed by atoms with Gasteiger partial charge in [-0.3, -0.25) is 9.78 Å². The van der Waals surface area contributed by atoms with E-state index in [0.717, 1.165) is 13.4 Å². The molecule has 0 fully saturated rings. The molecule has 0 aliphatic heterocycles. The van der Waals surface area contributed by atoms with Crippen molar-refractivity contribution in [3.63, 3.8) is 0 Å². The van der Waals surface area contributed by atoms with Crippen molar-refractivity contribution in [2.45, 2.75) is 6.92 Å². The molecule has 1 aromatic heterocycles. The second kappa shape index (κ2) is 6.24. The molecule has 1 aromatic carbocycles. The Labute approximate surface area is 141 Å². The summed E-state index contributed by atoms with van der Waals surface area (Å²) in [4.78, 5) is 16.4. The minimum absolute atomic E-state index is 0.258. The van der Waals surface area contributed by atoms with E-state index in [0.29, 0.717) is 22.6 Å². The Balaban J connectivity index is 2.35. The number of pyridine rings is 1. The van der Waals surface area contributed by atoms with Gasteiger partial charge in [-0.2, -0.15) is 0 Å². The molecule has 104 valence electrons. The lowest BCUT2D eigenvalue weighted by Gasteiger charge is -2.11. The first kappa shape index (κ1) is 15.5. The number of nitrogens with one attached hydrogen (secondary N) is 1. The van der Waals surface area contributed by atoms with Gasteiger partial charge < -0.3 is 11.1 Å². The van der Waals surface area contributed by atoms with Gasteiger partial charge in [0.15, 0.2) is 0 Å². The number of aromatic nitrogens is 1. The van der Waals surface area contributed by atoms with Crippen molar-refractivity contribution in [3.8, 4) is 0 Å². The lowest BCUT2D eigenvalue weighted by Crippen LogP contribution is -2.15. The number of anilines is 2. The van der Waals surface area contributed by atoms with Gasteiger partial charge in [-0.15, -0.1) is 0 Å². The second-order valence-electron chi connectivity index (χ2n) is 4.10. The van der Waals surface area contributed by atoms with Crippen molar-refractivity contribution in [2.75, 3.05) is 11.1 Å². The molecule has 2 aromatic rings. The highest BCUT2D eigenvalue weighted by Gasteiger charge is 2.14. The van der Waals surface area contributed by atoms with E-state index in [-0.39, 0.29) is 5.91 Å². The molecule has 0 saturated heterocycles. The maximum Gasteiger partial charge on any atom is 0.257 e. The largest absolute Gasteiger partial charge is 0.397 e. The molecule has 0 aliphatic rings. The van der Waals surface area contributed by atoms with Crippen LogP contribution in [0.15, 0.2) is 37.8 Å². The van der Waals surface area contributed by atoms with Crippen molar-refractivity contribution < 1.29 is 4.79 Å². The summed E-state index contributed by atoms with van der Waals surface area (Å²) in [5, 5.41) is 2.84. The summed E-state index contributed by atoms with van der Waals surface area (Å²) in [6.45, 7) is 1.76. The molecule has 0 bridgehead atoms. The number of nitrogens with two attached hydrogens (primary N) is 1. The molecule has 0 spiro atoms. The summed E-state index contributed by atoms with van der Waals surface area (Å²) in [6, 6.07) is 5.31. The molecule has 4 nitrogen and oxygen atoms in total. The third-order valence-corrected chi connectivity index (χ3v) is 4.31. The Hall–Kier alpha value is -0.920. The van der Waals surface area contributed by atoms with E-state index in [1.54, 1.807) is 13.0 Å². The number of nitrogens with zero attached hydrogens (tertiary/aromatic N) is 1. The number of carbonyl (C=O) groups is 1. The van der Waals surface area contributed by atoms with Gasteiger partial charge in [0, 0.05) is 13.4 Å². The molecule has 1 heterocycles. The fraction of sp³-hybridized carbons (Fsp3) is 0.0769. The molecule has 2 rings (SSSR count). The van der Waals surface area contributed by atoms with Gasteiger partial charge in [-0.05, 0) is 57.0 Å². The van der Waals surface area contributed by atoms with Crippen LogP contribution < -0.4 is 11.1 Å². The third kappa shape index (κ3) is 3.39. The number of amides is 1. The maximum atomic E-state index is 12.3. The number of benzene rings is 1. The fourth-order valence-corrected chi connectivity index (χ4v) is 4.08. The minimum atomic E-state index is -0.258. The van der Waals surface area contributed by atoms with Crippen molar-refractivity contribution in [3.05, 3.63) is 49.1 Å². The monoisotopic (exact) mass is 461 g/mol. The van der Waals surface area contributed by atoms with E-state index in [1.807, 2.05) is 12.1 Å². The summed E-state index contributed by atoms with van der Waals surface area (Å²) < 4.78 is 2.43. The fourth-order valence-electron chi connectivity index (χ4n) is 1.62. The Morgan fingerprint density at radius 1 is 1.20 bits per heavy atom. The SMILES string of the molecule is Cc1ncc(N)cc1C(=O)Nc1c(Br)cc(Br)cc1Br. The summed E-state index contributed by atoms with van der Waals surface area (Å²) in [6.07, 6.45) is 1.53. The van der Waals surface area contributed by atoms with Gasteiger partial charge in [-0.25, -0.2) is 0 Å². The van der Waals surface area contributed by atoms with Crippen molar-refractivity contribution in [1.82, 2.24) is 4.98 Å². The van der Waals surface area contributed by atoms with E-state index in [2.05, 4.69) is 58.1 Å². The quantitative estimate of drug-likeness (QED) is 0.688. The molecule has 0 radical (unpaired) electrons. The molecule has 0 atom stereocenters. The third-order valence-electron chi connectivity index (χ3n) is 2.60. The van der Waals surface area contributed by atoms with Crippen LogP contribution >= 0.6 is 47.8 Å². The predicted octanol–water partition coefficient (Wildman–Crippen LogP) is 4.51. The zero-order chi connectivity index (χ0) is 14.9. The van der Waals surface area contributed by atoms with Gasteiger partial charge >= 0.3 is 0 Å². The lowest BCUT2D eigenvalue weighted by molar-refractivity contribution is 0.102. The molecule has 3 N–H and O–H groups in total. The van der Waals surface area contributed by atoms with Crippen LogP contribution in [-0.4, -0.2) is 10.9 Å². The average molecular weight is 464 g/mol. The van der Waals surface area contributed by atoms with Gasteiger partial charge in [-0.1, -0.05) is 15.9 Å². The van der Waals surface area contributed by atoms with E-state index in [4.69, 9.17) is 5.73 Å². The normalized spacial score (nSPS) is 10.4. The van der Waals surface area contributed by atoms with Crippen LogP contribution in [0.3, 0.4) is 0 Å². The van der Waals surface area contributed by atoms with Crippen LogP contribution in [0, 0.1) is 6.92 Å². The molecule has 1 amide bonds. The van der Waals surface area contributed by atoms with Gasteiger partial charge in [0.1, 0.15) is 0 Å². The van der Waals surface area contributed by atoms with Crippen LogP contribution in [0.5, 0.6) is 0 Å². The number of halogens is 3. The highest BCUT2D eigenvalue weighted by Crippen LogP contribution is 2.34. The van der Waals surface area contributed by atoms with Crippen LogP contribution in [0.1, 0.15) is 16.1 Å². The van der Waals surface area contributed by atoms with Crippen LogP contribution in [0.2, 0.25) is 0 Å². The predicted molar refractivity (Wildman–Crippen MR) is 90.9 cm³/mol. The first-order valence-electron chi connectivity index (χ1n) is 5.56. The van der Waals surface area contributed by atoms with E-state index in [9.17, 15) is 4.79 Å². The first-order chi connectivity index (χ1) is 9.38.